The second kappa shape index (κ2) is 9.62. The Hall–Kier alpha value is -3.02. The molecule has 2 rings (SSSR count). The van der Waals surface area contributed by atoms with E-state index < -0.39 is 0 Å². The summed E-state index contributed by atoms with van der Waals surface area (Å²) in [7, 11) is 0. The molecule has 0 atom stereocenters. The Balaban J connectivity index is 1.72. The summed E-state index contributed by atoms with van der Waals surface area (Å²) in [5.74, 6) is -0.0995. The van der Waals surface area contributed by atoms with Gasteiger partial charge in [-0.2, -0.15) is 0 Å². The van der Waals surface area contributed by atoms with Crippen LogP contribution in [0.1, 0.15) is 53.8 Å². The van der Waals surface area contributed by atoms with Crippen molar-refractivity contribution in [2.45, 2.75) is 33.1 Å². The predicted molar refractivity (Wildman–Crippen MR) is 101 cm³/mol. The van der Waals surface area contributed by atoms with E-state index in [0.717, 1.165) is 19.3 Å². The molecule has 0 heterocycles. The maximum Gasteiger partial charge on any atom is 0.168 e. The van der Waals surface area contributed by atoms with Crippen LogP contribution in [0, 0.1) is 0 Å². The average Bonchev–Trinajstić information content (AvgIpc) is 2.62. The molecule has 144 valence electrons. The smallest absolute Gasteiger partial charge is 0.168 e. The van der Waals surface area contributed by atoms with Gasteiger partial charge in [0.05, 0.1) is 24.3 Å². The molecule has 0 saturated carbocycles. The summed E-state index contributed by atoms with van der Waals surface area (Å²) >= 11 is 0. The zero-order valence-electron chi connectivity index (χ0n) is 15.5. The normalized spacial score (nSPS) is 10.4. The molecule has 2 N–H and O–H groups in total. The average molecular weight is 372 g/mol. The molecule has 2 aromatic rings. The second-order valence-electron chi connectivity index (χ2n) is 6.17. The van der Waals surface area contributed by atoms with E-state index in [-0.39, 0.29) is 34.2 Å². The van der Waals surface area contributed by atoms with Crippen LogP contribution in [0.2, 0.25) is 0 Å². The van der Waals surface area contributed by atoms with Crippen LogP contribution < -0.4 is 9.47 Å². The van der Waals surface area contributed by atoms with Crippen molar-refractivity contribution in [3.05, 3.63) is 47.5 Å². The molecule has 0 aliphatic rings. The number of phenolic OH excluding ortho intramolecular Hbond substituents is 2. The van der Waals surface area contributed by atoms with Crippen LogP contribution in [0.5, 0.6) is 23.0 Å². The Morgan fingerprint density at radius 2 is 1.15 bits per heavy atom. The first-order valence-corrected chi connectivity index (χ1v) is 8.83. The molecular weight excluding hydrogens is 348 g/mol. The number of hydrogen-bond donors (Lipinski definition) is 2. The largest absolute Gasteiger partial charge is 0.504 e. The summed E-state index contributed by atoms with van der Waals surface area (Å²) < 4.78 is 11.1. The van der Waals surface area contributed by atoms with Crippen LogP contribution in [-0.4, -0.2) is 35.0 Å². The number of ketones is 2. The van der Waals surface area contributed by atoms with E-state index in [1.165, 1.54) is 13.8 Å². The van der Waals surface area contributed by atoms with Gasteiger partial charge in [-0.05, 0) is 57.4 Å². The Morgan fingerprint density at radius 3 is 1.52 bits per heavy atom. The van der Waals surface area contributed by atoms with Crippen molar-refractivity contribution in [2.24, 2.45) is 0 Å². The Morgan fingerprint density at radius 1 is 0.741 bits per heavy atom. The summed E-state index contributed by atoms with van der Waals surface area (Å²) in [6.07, 6.45) is 2.31. The number of ether oxygens (including phenoxy) is 2. The van der Waals surface area contributed by atoms with E-state index >= 15 is 0 Å². The highest BCUT2D eigenvalue weighted by Gasteiger charge is 2.12. The summed E-state index contributed by atoms with van der Waals surface area (Å²) in [4.78, 5) is 22.8. The van der Waals surface area contributed by atoms with Crippen molar-refractivity contribution >= 4 is 11.6 Å². The molecule has 6 heteroatoms. The highest BCUT2D eigenvalue weighted by atomic mass is 16.5. The molecule has 2 aromatic carbocycles. The fourth-order valence-electron chi connectivity index (χ4n) is 2.59. The van der Waals surface area contributed by atoms with Crippen molar-refractivity contribution in [2.75, 3.05) is 13.2 Å². The minimum atomic E-state index is -0.216. The number of Topliss-reactive ketones (excluding diaryl/α,β-unsaturated/α-hetero) is 2. The van der Waals surface area contributed by atoms with E-state index in [4.69, 9.17) is 9.47 Å². The number of benzene rings is 2. The van der Waals surface area contributed by atoms with Crippen LogP contribution in [0.3, 0.4) is 0 Å². The molecule has 0 aliphatic carbocycles. The maximum absolute atomic E-state index is 11.4. The molecule has 0 radical (unpaired) electrons. The molecule has 0 aromatic heterocycles. The fourth-order valence-corrected chi connectivity index (χ4v) is 2.59. The lowest BCUT2D eigenvalue weighted by Crippen LogP contribution is -2.03. The topological polar surface area (TPSA) is 93.1 Å². The summed E-state index contributed by atoms with van der Waals surface area (Å²) in [5.41, 5.74) is 0.488. The molecule has 0 saturated heterocycles. The summed E-state index contributed by atoms with van der Waals surface area (Å²) in [6, 6.07) is 9.69. The monoisotopic (exact) mass is 372 g/mol. The second-order valence-corrected chi connectivity index (χ2v) is 6.17. The number of rotatable bonds is 10. The van der Waals surface area contributed by atoms with Gasteiger partial charge in [0.1, 0.15) is 0 Å². The molecular formula is C21H24O6. The van der Waals surface area contributed by atoms with Crippen molar-refractivity contribution in [3.8, 4) is 23.0 Å². The maximum atomic E-state index is 11.4. The number of hydrogen-bond acceptors (Lipinski definition) is 6. The molecule has 0 bridgehead atoms. The number of unbranched alkanes of at least 4 members (excludes halogenated alkanes) is 2. The van der Waals surface area contributed by atoms with Crippen molar-refractivity contribution in [1.82, 2.24) is 0 Å². The highest BCUT2D eigenvalue weighted by molar-refractivity contribution is 5.98. The van der Waals surface area contributed by atoms with Gasteiger partial charge in [-0.3, -0.25) is 9.59 Å². The Labute approximate surface area is 158 Å². The first-order valence-electron chi connectivity index (χ1n) is 8.83. The molecule has 6 nitrogen and oxygen atoms in total. The lowest BCUT2D eigenvalue weighted by Gasteiger charge is -2.11. The zero-order chi connectivity index (χ0) is 19.8. The van der Waals surface area contributed by atoms with Gasteiger partial charge < -0.3 is 19.7 Å². The van der Waals surface area contributed by atoms with E-state index in [9.17, 15) is 19.8 Å². The van der Waals surface area contributed by atoms with E-state index in [0.29, 0.717) is 24.7 Å². The van der Waals surface area contributed by atoms with Crippen molar-refractivity contribution in [1.29, 1.82) is 0 Å². The molecule has 0 amide bonds. The van der Waals surface area contributed by atoms with Crippen LogP contribution in [-0.2, 0) is 0 Å². The minimum Gasteiger partial charge on any atom is -0.504 e. The summed E-state index contributed by atoms with van der Waals surface area (Å²) in [5, 5.41) is 20.0. The molecule has 0 spiro atoms. The number of para-hydroxylation sites is 2. The van der Waals surface area contributed by atoms with Gasteiger partial charge in [0.2, 0.25) is 0 Å². The third kappa shape index (κ3) is 5.48. The minimum absolute atomic E-state index is 0.130. The number of carbonyl (C=O) groups excluding carboxylic acids is 2. The molecule has 27 heavy (non-hydrogen) atoms. The first-order chi connectivity index (χ1) is 12.9. The van der Waals surface area contributed by atoms with Gasteiger partial charge in [-0.1, -0.05) is 12.1 Å². The molecule has 0 aliphatic heterocycles. The fraction of sp³-hybridized carbons (Fsp3) is 0.333. The van der Waals surface area contributed by atoms with Crippen molar-refractivity contribution < 1.29 is 29.3 Å². The SMILES string of the molecule is CC(=O)c1cccc(OCCCCCOc2cccc(C(C)=O)c2O)c1O. The van der Waals surface area contributed by atoms with Crippen LogP contribution in [0.15, 0.2) is 36.4 Å². The Kier molecular flexibility index (Phi) is 7.23. The standard InChI is InChI=1S/C21H24O6/c1-14(22)16-8-6-10-18(20(16)24)26-12-4-3-5-13-27-19-11-7-9-17(15(2)23)21(19)25/h6-11,24-25H,3-5,12-13H2,1-2H3. The Bertz CT molecular complexity index is 745. The van der Waals surface area contributed by atoms with E-state index in [2.05, 4.69) is 0 Å². The summed E-state index contributed by atoms with van der Waals surface area (Å²) in [6.45, 7) is 3.59. The van der Waals surface area contributed by atoms with Gasteiger partial charge in [-0.25, -0.2) is 0 Å². The quantitative estimate of drug-likeness (QED) is 0.481. The third-order valence-corrected chi connectivity index (χ3v) is 4.06. The van der Waals surface area contributed by atoms with Gasteiger partial charge >= 0.3 is 0 Å². The van der Waals surface area contributed by atoms with Gasteiger partial charge in [0, 0.05) is 0 Å². The van der Waals surface area contributed by atoms with Crippen LogP contribution in [0.25, 0.3) is 0 Å². The molecule has 0 unspecified atom stereocenters. The van der Waals surface area contributed by atoms with Crippen LogP contribution >= 0.6 is 0 Å². The highest BCUT2D eigenvalue weighted by Crippen LogP contribution is 2.31. The van der Waals surface area contributed by atoms with Gasteiger partial charge in [0.15, 0.2) is 34.6 Å². The number of carbonyl (C=O) groups is 2. The zero-order valence-corrected chi connectivity index (χ0v) is 15.5. The van der Waals surface area contributed by atoms with E-state index in [1.807, 2.05) is 0 Å². The van der Waals surface area contributed by atoms with Gasteiger partial charge in [-0.15, -0.1) is 0 Å². The van der Waals surface area contributed by atoms with Crippen LogP contribution in [0.4, 0.5) is 0 Å². The number of aromatic hydroxyl groups is 2. The number of phenols is 2. The molecule has 0 fully saturated rings. The first kappa shape index (κ1) is 20.3. The predicted octanol–water partition coefficient (Wildman–Crippen LogP) is 4.13. The lowest BCUT2D eigenvalue weighted by molar-refractivity contribution is 0.100. The van der Waals surface area contributed by atoms with E-state index in [1.54, 1.807) is 36.4 Å². The van der Waals surface area contributed by atoms with Gasteiger partial charge in [0.25, 0.3) is 0 Å². The van der Waals surface area contributed by atoms with Crippen molar-refractivity contribution in [3.63, 3.8) is 0 Å². The third-order valence-electron chi connectivity index (χ3n) is 4.06. The lowest BCUT2D eigenvalue weighted by atomic mass is 10.1.